The van der Waals surface area contributed by atoms with E-state index in [-0.39, 0.29) is 16.7 Å². The Morgan fingerprint density at radius 3 is 2.76 bits per heavy atom. The molecule has 0 bridgehead atoms. The molecule has 9 heteroatoms. The fourth-order valence-electron chi connectivity index (χ4n) is 4.56. The van der Waals surface area contributed by atoms with Gasteiger partial charge < -0.3 is 4.90 Å². The van der Waals surface area contributed by atoms with Crippen LogP contribution in [0.5, 0.6) is 0 Å². The van der Waals surface area contributed by atoms with Gasteiger partial charge in [-0.2, -0.15) is 8.75 Å². The van der Waals surface area contributed by atoms with E-state index in [4.69, 9.17) is 0 Å². The van der Waals surface area contributed by atoms with E-state index in [1.807, 2.05) is 4.90 Å². The lowest BCUT2D eigenvalue weighted by atomic mass is 9.81. The molecule has 1 aromatic heterocycles. The number of nitrogens with one attached hydrogen (secondary N) is 1. The highest BCUT2D eigenvalue weighted by Crippen LogP contribution is 2.31. The minimum Gasteiger partial charge on any atom is -0.342 e. The Bertz CT molecular complexity index is 967. The van der Waals surface area contributed by atoms with E-state index in [1.54, 1.807) is 18.2 Å². The quantitative estimate of drug-likeness (QED) is 0.778. The zero-order valence-electron chi connectivity index (χ0n) is 16.7. The number of amides is 1. The number of aromatic nitrogens is 2. The summed E-state index contributed by atoms with van der Waals surface area (Å²) in [6, 6.07) is 5.02. The third-order valence-corrected chi connectivity index (χ3v) is 8.26. The molecule has 2 heterocycles. The highest BCUT2D eigenvalue weighted by atomic mass is 32.2. The van der Waals surface area contributed by atoms with Crippen LogP contribution in [0.15, 0.2) is 23.1 Å². The highest BCUT2D eigenvalue weighted by Gasteiger charge is 2.31. The average molecular weight is 437 g/mol. The van der Waals surface area contributed by atoms with Gasteiger partial charge in [0, 0.05) is 25.6 Å². The molecule has 1 amide bonds. The van der Waals surface area contributed by atoms with E-state index in [9.17, 15) is 13.2 Å². The van der Waals surface area contributed by atoms with Crippen LogP contribution < -0.4 is 4.72 Å². The van der Waals surface area contributed by atoms with Crippen molar-refractivity contribution in [1.82, 2.24) is 18.4 Å². The molecule has 2 fully saturated rings. The summed E-state index contributed by atoms with van der Waals surface area (Å²) in [6.07, 6.45) is 5.77. The standard InChI is InChI=1S/C20H28N4O3S2/c1-14-4-3-11-24(13-14)20(25)16-9-7-15(8-10-16)12-21-29(26,27)18-6-2-5-17-19(18)23-28-22-17/h2,5-6,14-16,21H,3-4,7-13H2,1H3/t14-,15?,16?/m0/s1. The fraction of sp³-hybridized carbons (Fsp3) is 0.650. The number of carbonyl (C=O) groups is 1. The zero-order chi connectivity index (χ0) is 20.4. The number of nitrogens with zero attached hydrogens (tertiary/aromatic N) is 3. The molecule has 1 N–H and O–H groups in total. The van der Waals surface area contributed by atoms with E-state index >= 15 is 0 Å². The maximum atomic E-state index is 12.8. The lowest BCUT2D eigenvalue weighted by Crippen LogP contribution is -2.43. The van der Waals surface area contributed by atoms with Gasteiger partial charge in [0.25, 0.3) is 0 Å². The molecular weight excluding hydrogens is 408 g/mol. The van der Waals surface area contributed by atoms with Crippen LogP contribution in [-0.4, -0.2) is 47.6 Å². The summed E-state index contributed by atoms with van der Waals surface area (Å²) in [5.74, 6) is 1.26. The number of hydrogen-bond acceptors (Lipinski definition) is 6. The van der Waals surface area contributed by atoms with Crippen molar-refractivity contribution in [2.45, 2.75) is 50.3 Å². The molecule has 1 aromatic carbocycles. The highest BCUT2D eigenvalue weighted by molar-refractivity contribution is 7.89. The monoisotopic (exact) mass is 436 g/mol. The summed E-state index contributed by atoms with van der Waals surface area (Å²) in [5.41, 5.74) is 1.03. The van der Waals surface area contributed by atoms with Gasteiger partial charge in [-0.25, -0.2) is 13.1 Å². The number of sulfonamides is 1. The van der Waals surface area contributed by atoms with Crippen LogP contribution in [0, 0.1) is 17.8 Å². The van der Waals surface area contributed by atoms with Gasteiger partial charge in [-0.15, -0.1) is 0 Å². The molecule has 29 heavy (non-hydrogen) atoms. The summed E-state index contributed by atoms with van der Waals surface area (Å²) >= 11 is 1.02. The first-order chi connectivity index (χ1) is 13.9. The summed E-state index contributed by atoms with van der Waals surface area (Å²) in [4.78, 5) is 15.0. The van der Waals surface area contributed by atoms with Crippen molar-refractivity contribution in [1.29, 1.82) is 0 Å². The van der Waals surface area contributed by atoms with Crippen molar-refractivity contribution in [3.05, 3.63) is 18.2 Å². The van der Waals surface area contributed by atoms with Crippen molar-refractivity contribution in [3.8, 4) is 0 Å². The van der Waals surface area contributed by atoms with Gasteiger partial charge in [0.1, 0.15) is 15.9 Å². The molecule has 0 unspecified atom stereocenters. The Labute approximate surface area is 176 Å². The number of piperidine rings is 1. The smallest absolute Gasteiger partial charge is 0.242 e. The Hall–Kier alpha value is -1.58. The van der Waals surface area contributed by atoms with Gasteiger partial charge >= 0.3 is 0 Å². The second-order valence-electron chi connectivity index (χ2n) is 8.49. The van der Waals surface area contributed by atoms with E-state index in [0.29, 0.717) is 29.4 Å². The van der Waals surface area contributed by atoms with Crippen molar-refractivity contribution in [2.75, 3.05) is 19.6 Å². The third kappa shape index (κ3) is 4.62. The van der Waals surface area contributed by atoms with Gasteiger partial charge in [-0.1, -0.05) is 13.0 Å². The predicted molar refractivity (Wildman–Crippen MR) is 113 cm³/mol. The minimum atomic E-state index is -3.63. The second kappa shape index (κ2) is 8.65. The van der Waals surface area contributed by atoms with E-state index < -0.39 is 10.0 Å². The number of benzene rings is 1. The Kier molecular flexibility index (Phi) is 6.17. The molecule has 158 valence electrons. The summed E-state index contributed by atoms with van der Waals surface area (Å²) in [5, 5.41) is 0. The van der Waals surface area contributed by atoms with Crippen LogP contribution >= 0.6 is 11.7 Å². The molecule has 2 aliphatic rings. The van der Waals surface area contributed by atoms with Gasteiger partial charge in [0.15, 0.2) is 0 Å². The maximum absolute atomic E-state index is 12.8. The molecule has 1 atom stereocenters. The fourth-order valence-corrected chi connectivity index (χ4v) is 6.45. The van der Waals surface area contributed by atoms with Crippen LogP contribution in [0.2, 0.25) is 0 Å². The molecule has 0 spiro atoms. The minimum absolute atomic E-state index is 0.1000. The van der Waals surface area contributed by atoms with Crippen LogP contribution in [0.1, 0.15) is 45.4 Å². The first-order valence-corrected chi connectivity index (χ1v) is 12.6. The largest absolute Gasteiger partial charge is 0.342 e. The van der Waals surface area contributed by atoms with E-state index in [0.717, 1.165) is 56.9 Å². The van der Waals surface area contributed by atoms with Crippen LogP contribution in [0.25, 0.3) is 11.0 Å². The van der Waals surface area contributed by atoms with Crippen LogP contribution in [0.3, 0.4) is 0 Å². The molecule has 1 aliphatic carbocycles. The van der Waals surface area contributed by atoms with Crippen molar-refractivity contribution in [3.63, 3.8) is 0 Å². The summed E-state index contributed by atoms with van der Waals surface area (Å²) in [7, 11) is -3.63. The van der Waals surface area contributed by atoms with Crippen LogP contribution in [0.4, 0.5) is 0 Å². The maximum Gasteiger partial charge on any atom is 0.242 e. The predicted octanol–water partition coefficient (Wildman–Crippen LogP) is 3.03. The third-order valence-electron chi connectivity index (χ3n) is 6.27. The first kappa shape index (κ1) is 20.7. The van der Waals surface area contributed by atoms with Gasteiger partial charge in [0.05, 0.1) is 11.7 Å². The number of rotatable bonds is 5. The second-order valence-corrected chi connectivity index (χ2v) is 10.8. The lowest BCUT2D eigenvalue weighted by molar-refractivity contribution is -0.138. The Balaban J connectivity index is 1.31. The van der Waals surface area contributed by atoms with Crippen molar-refractivity contribution >= 4 is 38.7 Å². The number of likely N-dealkylation sites (tertiary alicyclic amines) is 1. The molecular formula is C20H28N4O3S2. The van der Waals surface area contributed by atoms with Gasteiger partial charge in [-0.05, 0) is 62.5 Å². The molecule has 1 aliphatic heterocycles. The SMILES string of the molecule is C[C@H]1CCCN(C(=O)C2CCC(CNS(=O)(=O)c3cccc4nsnc34)CC2)C1. The molecule has 2 aromatic rings. The van der Waals surface area contributed by atoms with E-state index in [2.05, 4.69) is 20.4 Å². The van der Waals surface area contributed by atoms with Gasteiger partial charge in [0.2, 0.25) is 15.9 Å². The summed E-state index contributed by atoms with van der Waals surface area (Å²) in [6.45, 7) is 4.39. The van der Waals surface area contributed by atoms with Crippen molar-refractivity contribution < 1.29 is 13.2 Å². The van der Waals surface area contributed by atoms with Crippen LogP contribution in [-0.2, 0) is 14.8 Å². The first-order valence-electron chi connectivity index (χ1n) is 10.4. The van der Waals surface area contributed by atoms with E-state index in [1.165, 1.54) is 6.42 Å². The molecule has 7 nitrogen and oxygen atoms in total. The lowest BCUT2D eigenvalue weighted by Gasteiger charge is -2.36. The summed E-state index contributed by atoms with van der Waals surface area (Å²) < 4.78 is 36.5. The Morgan fingerprint density at radius 1 is 1.21 bits per heavy atom. The average Bonchev–Trinajstić information content (AvgIpc) is 3.21. The zero-order valence-corrected chi connectivity index (χ0v) is 18.3. The number of carbonyl (C=O) groups excluding carboxylic acids is 1. The number of fused-ring (bicyclic) bond motifs is 1. The number of hydrogen-bond donors (Lipinski definition) is 1. The molecule has 1 saturated heterocycles. The Morgan fingerprint density at radius 2 is 2.00 bits per heavy atom. The molecule has 4 rings (SSSR count). The molecule has 0 radical (unpaired) electrons. The van der Waals surface area contributed by atoms with Gasteiger partial charge in [-0.3, -0.25) is 4.79 Å². The van der Waals surface area contributed by atoms with Crippen molar-refractivity contribution in [2.24, 2.45) is 17.8 Å². The molecule has 1 saturated carbocycles. The normalized spacial score (nSPS) is 26.0. The topological polar surface area (TPSA) is 92.3 Å².